The molecule has 1 aromatic heterocycles. The van der Waals surface area contributed by atoms with Crippen LogP contribution in [0.4, 0.5) is 17.6 Å². The first-order valence-electron chi connectivity index (χ1n) is 17.7. The number of carboxylic acid groups (broad SMARTS) is 1. The highest BCUT2D eigenvalue weighted by Crippen LogP contribution is 2.39. The number of carbonyl (C=O) groups is 2. The van der Waals surface area contributed by atoms with Gasteiger partial charge in [-0.2, -0.15) is 13.2 Å². The number of nitrogens with zero attached hydrogens (tertiary/aromatic N) is 2. The van der Waals surface area contributed by atoms with Crippen LogP contribution in [0.5, 0.6) is 0 Å². The minimum absolute atomic E-state index is 0.0239. The average molecular weight is 712 g/mol. The standard InChI is InChI=1S/C39H45F4N3O5/c1-21(2)10-34(46-18-25(32(16-35(46)47)39(41,42)43)8-9-45-19-29-15-28(45)20-51-29)38(50)44-33(17-36(48)49)26-13-24-6-5-7-30(24)31(14-26)37-22(3)11-27(40)12-23(37)4/h11-14,16,18,21,28-29,33-34H,5-10,15,17,19-20H2,1-4H3,(H,44,50)(H,48,49)/t28-,29-,33?,34+/m1/s1. The molecule has 4 atom stereocenters. The number of aryl methyl sites for hydroxylation is 3. The third kappa shape index (κ3) is 7.91. The van der Waals surface area contributed by atoms with Gasteiger partial charge in [-0.15, -0.1) is 0 Å². The van der Waals surface area contributed by atoms with E-state index in [1.807, 2.05) is 39.8 Å². The molecule has 0 saturated carbocycles. The van der Waals surface area contributed by atoms with E-state index in [9.17, 15) is 37.1 Å². The van der Waals surface area contributed by atoms with Gasteiger partial charge in [0.2, 0.25) is 5.91 Å². The number of alkyl halides is 3. The number of hydrogen-bond donors (Lipinski definition) is 2. The molecule has 12 heteroatoms. The topological polar surface area (TPSA) is 101 Å². The lowest BCUT2D eigenvalue weighted by molar-refractivity contribution is -0.139. The summed E-state index contributed by atoms with van der Waals surface area (Å²) in [6, 6.07) is 5.21. The molecule has 2 aromatic carbocycles. The number of ether oxygens (including phenoxy) is 1. The Kier molecular flexibility index (Phi) is 10.5. The van der Waals surface area contributed by atoms with Gasteiger partial charge in [-0.05, 0) is 121 Å². The average Bonchev–Trinajstić information content (AvgIpc) is 3.79. The van der Waals surface area contributed by atoms with Gasteiger partial charge in [-0.25, -0.2) is 4.39 Å². The highest BCUT2D eigenvalue weighted by atomic mass is 19.4. The number of hydrogen-bond acceptors (Lipinski definition) is 5. The largest absolute Gasteiger partial charge is 0.481 e. The fraction of sp³-hybridized carbons (Fsp3) is 0.513. The fourth-order valence-corrected chi connectivity index (χ4v) is 8.29. The first kappa shape index (κ1) is 36.8. The Morgan fingerprint density at radius 1 is 1.08 bits per heavy atom. The van der Waals surface area contributed by atoms with Crippen molar-refractivity contribution >= 4 is 11.9 Å². The van der Waals surface area contributed by atoms with Gasteiger partial charge in [0.25, 0.3) is 5.56 Å². The molecule has 6 rings (SSSR count). The summed E-state index contributed by atoms with van der Waals surface area (Å²) >= 11 is 0. The van der Waals surface area contributed by atoms with E-state index in [-0.39, 0.29) is 42.3 Å². The molecule has 1 aliphatic carbocycles. The summed E-state index contributed by atoms with van der Waals surface area (Å²) in [6.07, 6.45) is -0.531. The maximum Gasteiger partial charge on any atom is 0.416 e. The molecule has 2 bridgehead atoms. The molecule has 3 heterocycles. The van der Waals surface area contributed by atoms with Crippen molar-refractivity contribution in [3.8, 4) is 11.1 Å². The van der Waals surface area contributed by atoms with Crippen LogP contribution < -0.4 is 10.9 Å². The Hall–Kier alpha value is -4.03. The summed E-state index contributed by atoms with van der Waals surface area (Å²) in [5.74, 6) is -2.31. The summed E-state index contributed by atoms with van der Waals surface area (Å²) in [5, 5.41) is 12.8. The maximum absolute atomic E-state index is 14.3. The number of pyridine rings is 1. The molecule has 51 heavy (non-hydrogen) atoms. The predicted octanol–water partition coefficient (Wildman–Crippen LogP) is 6.71. The molecule has 2 aliphatic heterocycles. The second-order valence-electron chi connectivity index (χ2n) is 14.8. The highest BCUT2D eigenvalue weighted by molar-refractivity contribution is 5.82. The van der Waals surface area contributed by atoms with E-state index in [4.69, 9.17) is 4.74 Å². The van der Waals surface area contributed by atoms with Gasteiger partial charge in [0.15, 0.2) is 0 Å². The molecular weight excluding hydrogens is 666 g/mol. The van der Waals surface area contributed by atoms with E-state index in [1.54, 1.807) is 0 Å². The van der Waals surface area contributed by atoms with Crippen LogP contribution in [0, 0.1) is 25.6 Å². The highest BCUT2D eigenvalue weighted by Gasteiger charge is 2.40. The van der Waals surface area contributed by atoms with Gasteiger partial charge in [-0.3, -0.25) is 19.3 Å². The van der Waals surface area contributed by atoms with Crippen molar-refractivity contribution in [2.75, 3.05) is 19.7 Å². The van der Waals surface area contributed by atoms with Crippen LogP contribution in [0.3, 0.4) is 0 Å². The van der Waals surface area contributed by atoms with Crippen LogP contribution in [0.2, 0.25) is 0 Å². The minimum atomic E-state index is -4.77. The Morgan fingerprint density at radius 3 is 2.41 bits per heavy atom. The van der Waals surface area contributed by atoms with Crippen LogP contribution in [0.1, 0.15) is 90.6 Å². The molecule has 2 N–H and O–H groups in total. The molecule has 0 radical (unpaired) electrons. The number of carbonyl (C=O) groups excluding carboxylic acids is 1. The number of nitrogens with one attached hydrogen (secondary N) is 1. The second kappa shape index (κ2) is 14.5. The van der Waals surface area contributed by atoms with Crippen LogP contribution >= 0.6 is 0 Å². The number of morpholine rings is 1. The number of carboxylic acids is 1. The van der Waals surface area contributed by atoms with E-state index in [1.165, 1.54) is 18.3 Å². The van der Waals surface area contributed by atoms with Crippen LogP contribution in [-0.2, 0) is 39.8 Å². The van der Waals surface area contributed by atoms with Crippen molar-refractivity contribution in [2.24, 2.45) is 5.92 Å². The van der Waals surface area contributed by atoms with Crippen molar-refractivity contribution in [2.45, 2.75) is 103 Å². The molecule has 2 fully saturated rings. The predicted molar refractivity (Wildman–Crippen MR) is 184 cm³/mol. The number of likely N-dealkylation sites (tertiary alicyclic amines) is 1. The van der Waals surface area contributed by atoms with Gasteiger partial charge in [0, 0.05) is 31.4 Å². The number of fused-ring (bicyclic) bond motifs is 3. The molecule has 274 valence electrons. The van der Waals surface area contributed by atoms with E-state index in [0.717, 1.165) is 63.6 Å². The van der Waals surface area contributed by atoms with Crippen molar-refractivity contribution in [3.63, 3.8) is 0 Å². The van der Waals surface area contributed by atoms with Crippen molar-refractivity contribution in [1.82, 2.24) is 14.8 Å². The van der Waals surface area contributed by atoms with Crippen molar-refractivity contribution in [3.05, 3.63) is 91.6 Å². The molecular formula is C39H45F4N3O5. The third-order valence-corrected chi connectivity index (χ3v) is 10.6. The summed E-state index contributed by atoms with van der Waals surface area (Å²) in [7, 11) is 0. The molecule has 3 aromatic rings. The smallest absolute Gasteiger partial charge is 0.416 e. The molecule has 0 spiro atoms. The quantitative estimate of drug-likeness (QED) is 0.203. The number of aliphatic carboxylic acids is 1. The zero-order chi connectivity index (χ0) is 36.8. The normalized spacial score (nSPS) is 19.8. The zero-order valence-corrected chi connectivity index (χ0v) is 29.4. The van der Waals surface area contributed by atoms with Gasteiger partial charge >= 0.3 is 12.1 Å². The second-order valence-corrected chi connectivity index (χ2v) is 14.8. The maximum atomic E-state index is 14.3. The first-order valence-corrected chi connectivity index (χ1v) is 17.7. The molecule has 8 nitrogen and oxygen atoms in total. The van der Waals surface area contributed by atoms with E-state index in [2.05, 4.69) is 10.2 Å². The van der Waals surface area contributed by atoms with Gasteiger partial charge in [-0.1, -0.05) is 19.9 Å². The number of amides is 1. The molecule has 1 unspecified atom stereocenters. The van der Waals surface area contributed by atoms with Gasteiger partial charge < -0.3 is 19.7 Å². The summed E-state index contributed by atoms with van der Waals surface area (Å²) < 4.78 is 63.7. The fourth-order valence-electron chi connectivity index (χ4n) is 8.29. The lowest BCUT2D eigenvalue weighted by Crippen LogP contribution is -2.41. The Morgan fingerprint density at radius 2 is 1.80 bits per heavy atom. The summed E-state index contributed by atoms with van der Waals surface area (Å²) in [6.45, 7) is 8.86. The van der Waals surface area contributed by atoms with Crippen LogP contribution in [0.15, 0.2) is 41.3 Å². The van der Waals surface area contributed by atoms with E-state index < -0.39 is 47.7 Å². The van der Waals surface area contributed by atoms with Crippen LogP contribution in [0.25, 0.3) is 11.1 Å². The lowest BCUT2D eigenvalue weighted by atomic mass is 9.87. The van der Waals surface area contributed by atoms with E-state index >= 15 is 0 Å². The number of benzene rings is 2. The van der Waals surface area contributed by atoms with Crippen LogP contribution in [-0.4, -0.2) is 58.3 Å². The molecule has 3 aliphatic rings. The summed E-state index contributed by atoms with van der Waals surface area (Å²) in [4.78, 5) is 42.0. The molecule has 2 saturated heterocycles. The Bertz CT molecular complexity index is 1860. The first-order chi connectivity index (χ1) is 24.1. The van der Waals surface area contributed by atoms with Gasteiger partial charge in [0.1, 0.15) is 11.9 Å². The molecule has 1 amide bonds. The Labute approximate surface area is 294 Å². The number of aromatic nitrogens is 1. The number of rotatable bonds is 12. The third-order valence-electron chi connectivity index (χ3n) is 10.6. The zero-order valence-electron chi connectivity index (χ0n) is 29.4. The number of halogens is 4. The minimum Gasteiger partial charge on any atom is -0.481 e. The SMILES string of the molecule is Cc1cc(F)cc(C)c1-c1cc(C(CC(=O)O)NC(=O)[C@H](CC(C)C)n2cc(CCN3C[C@H]4C[C@@H]3CO4)c(C(F)(F)F)cc2=O)cc2c1CCC2. The van der Waals surface area contributed by atoms with Crippen molar-refractivity contribution < 1.29 is 37.0 Å². The van der Waals surface area contributed by atoms with Crippen molar-refractivity contribution in [1.29, 1.82) is 0 Å². The lowest BCUT2D eigenvalue weighted by Gasteiger charge is -2.28. The van der Waals surface area contributed by atoms with E-state index in [0.29, 0.717) is 31.3 Å². The monoisotopic (exact) mass is 711 g/mol. The van der Waals surface area contributed by atoms with Gasteiger partial charge in [0.05, 0.1) is 30.7 Å². The Balaban J connectivity index is 1.36. The summed E-state index contributed by atoms with van der Waals surface area (Å²) in [5.41, 5.74) is 3.80.